The highest BCUT2D eigenvalue weighted by Crippen LogP contribution is 2.30. The van der Waals surface area contributed by atoms with Gasteiger partial charge in [0, 0.05) is 24.3 Å². The summed E-state index contributed by atoms with van der Waals surface area (Å²) in [7, 11) is 0. The van der Waals surface area contributed by atoms with Crippen molar-refractivity contribution < 1.29 is 0 Å². The predicted molar refractivity (Wildman–Crippen MR) is 93.2 cm³/mol. The summed E-state index contributed by atoms with van der Waals surface area (Å²) < 4.78 is 0. The van der Waals surface area contributed by atoms with Crippen LogP contribution in [0.25, 0.3) is 0 Å². The molecule has 1 aliphatic rings. The van der Waals surface area contributed by atoms with Gasteiger partial charge < -0.3 is 10.2 Å². The molecular weight excluding hydrogens is 256 g/mol. The molecule has 118 valence electrons. The van der Waals surface area contributed by atoms with Crippen LogP contribution in [0.2, 0.25) is 0 Å². The molecular formula is C19H32N2. The highest BCUT2D eigenvalue weighted by atomic mass is 15.2. The molecule has 0 spiro atoms. The minimum Gasteiger partial charge on any atom is -0.369 e. The van der Waals surface area contributed by atoms with Crippen molar-refractivity contribution in [2.24, 2.45) is 0 Å². The van der Waals surface area contributed by atoms with Crippen LogP contribution >= 0.6 is 0 Å². The van der Waals surface area contributed by atoms with Gasteiger partial charge in [-0.25, -0.2) is 0 Å². The molecule has 0 aliphatic carbocycles. The lowest BCUT2D eigenvalue weighted by molar-refractivity contribution is 0.446. The summed E-state index contributed by atoms with van der Waals surface area (Å²) in [4.78, 5) is 2.63. The van der Waals surface area contributed by atoms with E-state index >= 15 is 0 Å². The maximum absolute atomic E-state index is 3.67. The third-order valence-corrected chi connectivity index (χ3v) is 4.79. The quantitative estimate of drug-likeness (QED) is 0.763. The monoisotopic (exact) mass is 288 g/mol. The van der Waals surface area contributed by atoms with Crippen molar-refractivity contribution in [3.8, 4) is 0 Å². The minimum atomic E-state index is 0.684. The lowest BCUT2D eigenvalue weighted by Crippen LogP contribution is -2.38. The van der Waals surface area contributed by atoms with Crippen LogP contribution in [0, 0.1) is 0 Å². The van der Waals surface area contributed by atoms with Crippen molar-refractivity contribution in [2.75, 3.05) is 18.0 Å². The zero-order chi connectivity index (χ0) is 15.1. The van der Waals surface area contributed by atoms with E-state index in [1.165, 1.54) is 56.3 Å². The van der Waals surface area contributed by atoms with Gasteiger partial charge in [0.1, 0.15) is 0 Å². The molecule has 1 N–H and O–H groups in total. The molecule has 0 saturated carbocycles. The molecule has 0 amide bonds. The van der Waals surface area contributed by atoms with Gasteiger partial charge in [0.25, 0.3) is 0 Å². The number of benzene rings is 1. The molecule has 1 aromatic rings. The average Bonchev–Trinajstić information content (AvgIpc) is 2.52. The summed E-state index contributed by atoms with van der Waals surface area (Å²) in [5, 5.41) is 3.67. The molecule has 2 unspecified atom stereocenters. The fourth-order valence-corrected chi connectivity index (χ4v) is 3.41. The largest absolute Gasteiger partial charge is 0.369 e. The van der Waals surface area contributed by atoms with E-state index in [0.29, 0.717) is 12.1 Å². The van der Waals surface area contributed by atoms with Gasteiger partial charge in [0.15, 0.2) is 0 Å². The van der Waals surface area contributed by atoms with Gasteiger partial charge in [-0.3, -0.25) is 0 Å². The average molecular weight is 288 g/mol. The topological polar surface area (TPSA) is 15.3 Å². The van der Waals surface area contributed by atoms with E-state index in [9.17, 15) is 0 Å². The maximum atomic E-state index is 3.67. The molecule has 2 rings (SSSR count). The second-order valence-corrected chi connectivity index (χ2v) is 6.41. The fourth-order valence-electron chi connectivity index (χ4n) is 3.41. The van der Waals surface area contributed by atoms with Crippen LogP contribution in [0.15, 0.2) is 24.3 Å². The van der Waals surface area contributed by atoms with Gasteiger partial charge >= 0.3 is 0 Å². The highest BCUT2D eigenvalue weighted by molar-refractivity contribution is 5.56. The molecule has 0 aromatic heterocycles. The highest BCUT2D eigenvalue weighted by Gasteiger charge is 2.22. The fraction of sp³-hybridized carbons (Fsp3) is 0.684. The smallest absolute Gasteiger partial charge is 0.0401 e. The zero-order valence-corrected chi connectivity index (χ0v) is 14.1. The zero-order valence-electron chi connectivity index (χ0n) is 14.1. The van der Waals surface area contributed by atoms with E-state index in [0.717, 1.165) is 6.54 Å². The third kappa shape index (κ3) is 4.47. The van der Waals surface area contributed by atoms with Crippen LogP contribution in [0.4, 0.5) is 5.69 Å². The predicted octanol–water partition coefficient (Wildman–Crippen LogP) is 4.39. The van der Waals surface area contributed by atoms with Crippen LogP contribution in [-0.2, 0) is 6.42 Å². The SMILES string of the molecule is CCCNC(CC)CCCN1c2ccccc2CCC1C. The first-order valence-corrected chi connectivity index (χ1v) is 8.84. The van der Waals surface area contributed by atoms with E-state index < -0.39 is 0 Å². The number of nitrogens with zero attached hydrogens (tertiary/aromatic N) is 1. The molecule has 1 heterocycles. The first-order chi connectivity index (χ1) is 10.3. The number of fused-ring (bicyclic) bond motifs is 1. The normalized spacial score (nSPS) is 19.4. The summed E-state index contributed by atoms with van der Waals surface area (Å²) in [6.07, 6.45) is 7.58. The van der Waals surface area contributed by atoms with Gasteiger partial charge in [-0.15, -0.1) is 0 Å². The molecule has 0 radical (unpaired) electrons. The number of para-hydroxylation sites is 1. The van der Waals surface area contributed by atoms with Crippen LogP contribution < -0.4 is 10.2 Å². The molecule has 2 atom stereocenters. The Bertz CT molecular complexity index is 416. The molecule has 21 heavy (non-hydrogen) atoms. The van der Waals surface area contributed by atoms with Crippen molar-refractivity contribution in [2.45, 2.75) is 71.4 Å². The molecule has 1 aromatic carbocycles. The Morgan fingerprint density at radius 1 is 1.29 bits per heavy atom. The Kier molecular flexibility index (Phi) is 6.56. The van der Waals surface area contributed by atoms with Crippen LogP contribution in [-0.4, -0.2) is 25.2 Å². The minimum absolute atomic E-state index is 0.684. The van der Waals surface area contributed by atoms with Crippen molar-refractivity contribution in [1.29, 1.82) is 0 Å². The number of hydrogen-bond acceptors (Lipinski definition) is 2. The Morgan fingerprint density at radius 3 is 2.86 bits per heavy atom. The van der Waals surface area contributed by atoms with Crippen LogP contribution in [0.5, 0.6) is 0 Å². The van der Waals surface area contributed by atoms with Crippen molar-refractivity contribution in [3.05, 3.63) is 29.8 Å². The molecule has 2 heteroatoms. The summed E-state index contributed by atoms with van der Waals surface area (Å²) in [5.41, 5.74) is 3.01. The van der Waals surface area contributed by atoms with E-state index in [2.05, 4.69) is 55.3 Å². The number of rotatable bonds is 8. The van der Waals surface area contributed by atoms with E-state index in [1.807, 2.05) is 0 Å². The number of aryl methyl sites for hydroxylation is 1. The molecule has 2 nitrogen and oxygen atoms in total. The first-order valence-electron chi connectivity index (χ1n) is 8.84. The Balaban J connectivity index is 1.87. The third-order valence-electron chi connectivity index (χ3n) is 4.79. The maximum Gasteiger partial charge on any atom is 0.0401 e. The molecule has 0 bridgehead atoms. The van der Waals surface area contributed by atoms with Crippen LogP contribution in [0.3, 0.4) is 0 Å². The standard InChI is InChI=1S/C19H32N2/c1-4-14-20-18(5-2)10-8-15-21-16(3)12-13-17-9-6-7-11-19(17)21/h6-7,9,11,16,18,20H,4-5,8,10,12-15H2,1-3H3. The van der Waals surface area contributed by atoms with E-state index in [-0.39, 0.29) is 0 Å². The lowest BCUT2D eigenvalue weighted by atomic mass is 9.96. The summed E-state index contributed by atoms with van der Waals surface area (Å²) >= 11 is 0. The van der Waals surface area contributed by atoms with Gasteiger partial charge in [-0.2, -0.15) is 0 Å². The summed E-state index contributed by atoms with van der Waals surface area (Å²) in [6.45, 7) is 9.27. The molecule has 0 saturated heterocycles. The first kappa shape index (κ1) is 16.4. The number of nitrogens with one attached hydrogen (secondary N) is 1. The number of hydrogen-bond donors (Lipinski definition) is 1. The van der Waals surface area contributed by atoms with Gasteiger partial charge in [-0.1, -0.05) is 32.0 Å². The lowest BCUT2D eigenvalue weighted by Gasteiger charge is -2.37. The molecule has 1 aliphatic heterocycles. The Labute approximate surface area is 130 Å². The van der Waals surface area contributed by atoms with E-state index in [4.69, 9.17) is 0 Å². The van der Waals surface area contributed by atoms with Gasteiger partial charge in [0.05, 0.1) is 0 Å². The Morgan fingerprint density at radius 2 is 2.10 bits per heavy atom. The molecule has 0 fully saturated rings. The second kappa shape index (κ2) is 8.43. The van der Waals surface area contributed by atoms with Crippen LogP contribution in [0.1, 0.15) is 58.4 Å². The van der Waals surface area contributed by atoms with Crippen molar-refractivity contribution in [1.82, 2.24) is 5.32 Å². The van der Waals surface area contributed by atoms with Crippen molar-refractivity contribution in [3.63, 3.8) is 0 Å². The van der Waals surface area contributed by atoms with Gasteiger partial charge in [0.2, 0.25) is 0 Å². The summed E-state index contributed by atoms with van der Waals surface area (Å²) in [5.74, 6) is 0. The van der Waals surface area contributed by atoms with Crippen molar-refractivity contribution >= 4 is 5.69 Å². The summed E-state index contributed by atoms with van der Waals surface area (Å²) in [6, 6.07) is 10.3. The van der Waals surface area contributed by atoms with E-state index in [1.54, 1.807) is 0 Å². The number of anilines is 1. The second-order valence-electron chi connectivity index (χ2n) is 6.41. The Hall–Kier alpha value is -1.02. The van der Waals surface area contributed by atoms with Gasteiger partial charge in [-0.05, 0) is 63.6 Å².